The highest BCUT2D eigenvalue weighted by Crippen LogP contribution is 2.40. The summed E-state index contributed by atoms with van der Waals surface area (Å²) in [5.41, 5.74) is 0. The van der Waals surface area contributed by atoms with Gasteiger partial charge in [0.25, 0.3) is 0 Å². The van der Waals surface area contributed by atoms with E-state index in [2.05, 4.69) is 10.6 Å². The Labute approximate surface area is 527 Å². The van der Waals surface area contributed by atoms with Crippen LogP contribution in [0.4, 0.5) is 0 Å². The van der Waals surface area contributed by atoms with E-state index in [1.54, 1.807) is 0 Å². The fourth-order valence-corrected chi connectivity index (χ4v) is 12.1. The normalized spacial score (nSPS) is 51.6. The smallest absolute Gasteiger partial charge is 0.217 e. The maximum absolute atomic E-state index is 13.3. The molecule has 40 atom stereocenters. The van der Waals surface area contributed by atoms with Crippen LogP contribution in [0, 0.1) is 0 Å². The lowest BCUT2D eigenvalue weighted by molar-refractivity contribution is -0.398. The van der Waals surface area contributed by atoms with Gasteiger partial charge in [0.2, 0.25) is 11.8 Å². The SMILES string of the molecule is CC(=O)N[C@H]1[C@H](O[C@H]2[C@@H](O)[C@@H](CO)O[C@@H](O[C@H]3[C@H](O)[C@@H](O)[C@H](O)O[C@@H]3CO)[C@@H]2O)O[C@H](CO)[C@@H](O[C@@H]2O[C@H](CO)[C@H](O)[C@H](O[C@@H]3O[C@H](CO)[C@@H](O)[C@H](O[C@@H]4O[C@H](CO)[C@H](O)[C@H](O)[C@H]4O[C@@H]4O[C@@H](C)[C@@H](O)[C@@H](O)[C@@H]4O)[C@H]3NC(C)=O)[C@H]2O)[C@@H]1O[C@@H]1O[C@@H](C)[C@@H](O)[C@@H](O)[C@@H]1O. The Hall–Kier alpha value is -2.54. The van der Waals surface area contributed by atoms with Crippen molar-refractivity contribution in [2.24, 2.45) is 0 Å². The molecular formula is C52H88N2O39. The lowest BCUT2D eigenvalue weighted by Gasteiger charge is -2.52. The van der Waals surface area contributed by atoms with Crippen molar-refractivity contribution in [1.82, 2.24) is 10.6 Å². The van der Waals surface area contributed by atoms with Crippen LogP contribution in [0.5, 0.6) is 0 Å². The fraction of sp³-hybridized carbons (Fsp3) is 0.962. The number of hydrogen-bond acceptors (Lipinski definition) is 39. The molecule has 0 aromatic carbocycles. The summed E-state index contributed by atoms with van der Waals surface area (Å²) < 4.78 is 88.3. The lowest BCUT2D eigenvalue weighted by atomic mass is 9.93. The van der Waals surface area contributed by atoms with E-state index in [0.717, 1.165) is 13.8 Å². The molecule has 8 aliphatic heterocycles. The van der Waals surface area contributed by atoms with Gasteiger partial charge < -0.3 is 194 Å². The molecule has 8 heterocycles. The second-order valence-corrected chi connectivity index (χ2v) is 23.8. The molecule has 0 aromatic heterocycles. The van der Waals surface area contributed by atoms with Gasteiger partial charge in [0.1, 0.15) is 183 Å². The topological polar surface area (TPSA) is 642 Å². The molecule has 41 heteroatoms. The summed E-state index contributed by atoms with van der Waals surface area (Å²) in [6, 6.07) is -3.86. The minimum Gasteiger partial charge on any atom is -0.394 e. The molecule has 0 aromatic rings. The van der Waals surface area contributed by atoms with Crippen LogP contribution in [0.25, 0.3) is 0 Å². The van der Waals surface area contributed by atoms with Crippen LogP contribution in [-0.2, 0) is 80.6 Å². The van der Waals surface area contributed by atoms with Crippen LogP contribution in [0.2, 0.25) is 0 Å². The molecule has 0 spiro atoms. The predicted molar refractivity (Wildman–Crippen MR) is 285 cm³/mol. The Balaban J connectivity index is 1.11. The summed E-state index contributed by atoms with van der Waals surface area (Å²) in [6.45, 7) is -2.01. The lowest BCUT2D eigenvalue weighted by Crippen LogP contribution is -2.72. The van der Waals surface area contributed by atoms with Gasteiger partial charge in [-0.25, -0.2) is 0 Å². The van der Waals surface area contributed by atoms with E-state index >= 15 is 0 Å². The number of hydrogen-bond donors (Lipinski definition) is 24. The third-order valence-electron chi connectivity index (χ3n) is 17.4. The van der Waals surface area contributed by atoms with E-state index in [1.165, 1.54) is 13.8 Å². The Morgan fingerprint density at radius 2 is 0.591 bits per heavy atom. The molecule has 8 rings (SSSR count). The largest absolute Gasteiger partial charge is 0.394 e. The third kappa shape index (κ3) is 16.2. The zero-order chi connectivity index (χ0) is 68.5. The van der Waals surface area contributed by atoms with Gasteiger partial charge in [-0.2, -0.15) is 0 Å². The van der Waals surface area contributed by atoms with Crippen molar-refractivity contribution < 1.29 is 193 Å². The highest BCUT2D eigenvalue weighted by atomic mass is 16.8. The Morgan fingerprint density at radius 3 is 1.03 bits per heavy atom. The number of rotatable bonds is 22. The molecule has 540 valence electrons. The number of aliphatic hydroxyl groups excluding tert-OH is 22. The van der Waals surface area contributed by atoms with E-state index in [0.29, 0.717) is 0 Å². The highest BCUT2D eigenvalue weighted by Gasteiger charge is 2.61. The van der Waals surface area contributed by atoms with Gasteiger partial charge in [-0.15, -0.1) is 0 Å². The summed E-state index contributed by atoms with van der Waals surface area (Å²) in [4.78, 5) is 26.4. The van der Waals surface area contributed by atoms with Crippen molar-refractivity contribution in [3.05, 3.63) is 0 Å². The second-order valence-electron chi connectivity index (χ2n) is 23.8. The monoisotopic (exact) mass is 1360 g/mol. The average molecular weight is 1370 g/mol. The molecule has 8 aliphatic rings. The molecule has 0 saturated carbocycles. The predicted octanol–water partition coefficient (Wildman–Crippen LogP) is -16.1. The van der Waals surface area contributed by atoms with E-state index in [1.807, 2.05) is 0 Å². The molecule has 2 amide bonds. The van der Waals surface area contributed by atoms with E-state index in [-0.39, 0.29) is 0 Å². The van der Waals surface area contributed by atoms with Gasteiger partial charge >= 0.3 is 0 Å². The molecule has 24 N–H and O–H groups in total. The van der Waals surface area contributed by atoms with E-state index in [9.17, 15) is 122 Å². The van der Waals surface area contributed by atoms with Crippen molar-refractivity contribution in [3.63, 3.8) is 0 Å². The van der Waals surface area contributed by atoms with E-state index in [4.69, 9.17) is 71.1 Å². The van der Waals surface area contributed by atoms with Gasteiger partial charge in [-0.3, -0.25) is 9.59 Å². The minimum atomic E-state index is -2.41. The zero-order valence-electron chi connectivity index (χ0n) is 50.1. The molecule has 93 heavy (non-hydrogen) atoms. The quantitative estimate of drug-likeness (QED) is 0.0479. The van der Waals surface area contributed by atoms with Crippen LogP contribution >= 0.6 is 0 Å². The summed E-state index contributed by atoms with van der Waals surface area (Å²) in [5.74, 6) is -1.89. The van der Waals surface area contributed by atoms with Gasteiger partial charge in [-0.05, 0) is 13.8 Å². The Kier molecular flexibility index (Phi) is 26.7. The zero-order valence-corrected chi connectivity index (χ0v) is 50.1. The van der Waals surface area contributed by atoms with Crippen molar-refractivity contribution >= 4 is 11.8 Å². The number of aliphatic hydroxyl groups is 22. The van der Waals surface area contributed by atoms with Crippen LogP contribution in [-0.4, -0.2) is 409 Å². The first-order valence-electron chi connectivity index (χ1n) is 29.9. The van der Waals surface area contributed by atoms with E-state index < -0.39 is 297 Å². The first-order chi connectivity index (χ1) is 43.9. The molecule has 0 unspecified atom stereocenters. The number of nitrogens with one attached hydrogen (secondary N) is 2. The Morgan fingerprint density at radius 1 is 0.280 bits per heavy atom. The van der Waals surface area contributed by atoms with Gasteiger partial charge in [0.05, 0.1) is 51.8 Å². The van der Waals surface area contributed by atoms with Crippen LogP contribution < -0.4 is 10.6 Å². The fourth-order valence-electron chi connectivity index (χ4n) is 12.1. The second kappa shape index (κ2) is 32.6. The minimum absolute atomic E-state index is 0.933. The van der Waals surface area contributed by atoms with Gasteiger partial charge in [0, 0.05) is 13.8 Å². The maximum Gasteiger partial charge on any atom is 0.217 e. The third-order valence-corrected chi connectivity index (χ3v) is 17.4. The maximum atomic E-state index is 13.3. The molecule has 8 fully saturated rings. The summed E-state index contributed by atoms with van der Waals surface area (Å²) in [6.07, 6.45) is -75.0. The molecular weight excluding hydrogens is 1280 g/mol. The van der Waals surface area contributed by atoms with Gasteiger partial charge in [0.15, 0.2) is 50.3 Å². The first kappa shape index (κ1) is 76.2. The Bertz CT molecular complexity index is 2350. The highest BCUT2D eigenvalue weighted by molar-refractivity contribution is 5.73. The summed E-state index contributed by atoms with van der Waals surface area (Å²) >= 11 is 0. The van der Waals surface area contributed by atoms with Crippen molar-refractivity contribution in [3.8, 4) is 0 Å². The molecule has 0 bridgehead atoms. The van der Waals surface area contributed by atoms with Crippen LogP contribution in [0.15, 0.2) is 0 Å². The van der Waals surface area contributed by atoms with Crippen LogP contribution in [0.3, 0.4) is 0 Å². The van der Waals surface area contributed by atoms with Gasteiger partial charge in [-0.1, -0.05) is 0 Å². The molecule has 8 saturated heterocycles. The van der Waals surface area contributed by atoms with Crippen LogP contribution in [0.1, 0.15) is 27.7 Å². The average Bonchev–Trinajstić information content (AvgIpc) is 0.773. The summed E-state index contributed by atoms with van der Waals surface area (Å²) in [5, 5.41) is 245. The molecule has 0 radical (unpaired) electrons. The van der Waals surface area contributed by atoms with Crippen molar-refractivity contribution in [2.75, 3.05) is 39.6 Å². The number of ether oxygens (including phenoxy) is 15. The standard InChI is InChI=1S/C52H88N2O39/c1-11-23(63)29(69)34(74)48(79-11)90-41-22(54-14(4)62)47(92-42-27(67)17(7-57)83-50(36(42)76)87-38-19(9-59)81-45(78)33(73)32(38)72)86-20(10-60)39(41)88-51-37(77)43(28(68)18(8-58)84-51)91-46-21(53-13(3)61)40(26(66)16(6-56)82-46)89-52-44(31(71)25(65)15(5-55)85-52)93-49-35(75)30(70)24(64)12(2)80-49/h11-12,15-52,55-60,63-78H,5-10H2,1-4H3,(H,53,61)(H,54,62)/t11-,12-,15+,16+,17+,18+,19+,20+,21+,22+,23+,24+,25-,26+,27-,28-,29+,30+,31-,32+,33+,34-,35-,36+,37+,38+,39+,40+,41+,42-,43-,44+,45+,46-,47-,48-,49-,50-,51-,52-/m0/s1. The first-order valence-corrected chi connectivity index (χ1v) is 29.9. The summed E-state index contributed by atoms with van der Waals surface area (Å²) in [7, 11) is 0. The number of amides is 2. The number of carbonyl (C=O) groups excluding carboxylic acids is 2. The molecule has 41 nitrogen and oxygen atoms in total. The van der Waals surface area contributed by atoms with Crippen molar-refractivity contribution in [1.29, 1.82) is 0 Å². The molecule has 0 aliphatic carbocycles. The van der Waals surface area contributed by atoms with Crippen molar-refractivity contribution in [2.45, 2.75) is 273 Å². The number of carbonyl (C=O) groups is 2.